The van der Waals surface area contributed by atoms with Gasteiger partial charge in [-0.15, -0.1) is 0 Å². The molecule has 7 rings (SSSR count). The number of alkyl halides is 3. The summed E-state index contributed by atoms with van der Waals surface area (Å²) in [4.78, 5) is 22.7. The summed E-state index contributed by atoms with van der Waals surface area (Å²) in [6.07, 6.45) is 5.59. The number of hydrogen-bond acceptors (Lipinski definition) is 6. The molecule has 1 amide bonds. The molecule has 0 unspecified atom stereocenters. The highest BCUT2D eigenvalue weighted by Crippen LogP contribution is 2.55. The van der Waals surface area contributed by atoms with E-state index in [1.807, 2.05) is 51.2 Å². The average molecular weight is 632 g/mol. The number of hydrogen-bond donors (Lipinski definition) is 1. The lowest BCUT2D eigenvalue weighted by Crippen LogP contribution is -2.37. The van der Waals surface area contributed by atoms with Crippen LogP contribution in [0.25, 0.3) is 22.4 Å². The standard InChI is InChI=1S/C32H36F3N3O5S/c1-18-15-25(38(17-18)30(39)42-31(2,3)4)29-36-16-24(37-29)20-7-5-19(6-8-20)23-13-14-26(43-44(40,41)32(33,34)35)28-22-11-9-21(10-12-22)27(23)28/h5-8,13-14,16,18,21-22,25H,9-12,15,17H2,1-4H3,(H,36,37)/t18-,21?,22?,25+/m1/s1. The molecule has 2 aromatic carbocycles. The van der Waals surface area contributed by atoms with Gasteiger partial charge in [-0.25, -0.2) is 9.78 Å². The number of benzene rings is 2. The second-order valence-corrected chi connectivity index (χ2v) is 14.7. The first-order valence-electron chi connectivity index (χ1n) is 14.9. The van der Waals surface area contributed by atoms with Crippen LogP contribution in [0.3, 0.4) is 0 Å². The van der Waals surface area contributed by atoms with Crippen LogP contribution in [-0.4, -0.2) is 47.0 Å². The van der Waals surface area contributed by atoms with E-state index in [0.717, 1.165) is 60.1 Å². The number of halogens is 3. The summed E-state index contributed by atoms with van der Waals surface area (Å²) in [6.45, 7) is 8.21. The lowest BCUT2D eigenvalue weighted by molar-refractivity contribution is -0.0500. The predicted octanol–water partition coefficient (Wildman–Crippen LogP) is 8.04. The summed E-state index contributed by atoms with van der Waals surface area (Å²) in [5, 5.41) is 0. The van der Waals surface area contributed by atoms with E-state index in [0.29, 0.717) is 23.9 Å². The number of rotatable bonds is 5. The van der Waals surface area contributed by atoms with Crippen molar-refractivity contribution in [2.24, 2.45) is 5.92 Å². The minimum Gasteiger partial charge on any atom is -0.444 e. The van der Waals surface area contributed by atoms with Gasteiger partial charge in [0.25, 0.3) is 0 Å². The molecule has 4 aliphatic rings. The highest BCUT2D eigenvalue weighted by molar-refractivity contribution is 7.88. The number of imidazole rings is 1. The maximum absolute atomic E-state index is 13.1. The lowest BCUT2D eigenvalue weighted by Gasteiger charge is -2.40. The Labute approximate surface area is 255 Å². The maximum Gasteiger partial charge on any atom is 0.534 e. The van der Waals surface area contributed by atoms with Crippen molar-refractivity contribution in [3.63, 3.8) is 0 Å². The van der Waals surface area contributed by atoms with Crippen molar-refractivity contribution in [3.05, 3.63) is 59.5 Å². The predicted molar refractivity (Wildman–Crippen MR) is 158 cm³/mol. The number of fused-ring (bicyclic) bond motifs is 2. The van der Waals surface area contributed by atoms with Gasteiger partial charge in [-0.2, -0.15) is 21.6 Å². The van der Waals surface area contributed by atoms with E-state index < -0.39 is 21.2 Å². The first-order chi connectivity index (χ1) is 20.6. The van der Waals surface area contributed by atoms with Crippen LogP contribution in [0.15, 0.2) is 42.6 Å². The van der Waals surface area contributed by atoms with Crippen molar-refractivity contribution in [2.45, 2.75) is 88.8 Å². The lowest BCUT2D eigenvalue weighted by atomic mass is 9.65. The van der Waals surface area contributed by atoms with Gasteiger partial charge in [0.1, 0.15) is 17.2 Å². The zero-order chi connectivity index (χ0) is 31.6. The minimum atomic E-state index is -5.78. The fourth-order valence-electron chi connectivity index (χ4n) is 6.94. The quantitative estimate of drug-likeness (QED) is 0.226. The molecule has 1 saturated heterocycles. The first kappa shape index (κ1) is 30.5. The zero-order valence-electron chi connectivity index (χ0n) is 25.1. The molecule has 3 aliphatic carbocycles. The molecular formula is C32H36F3N3O5S. The molecule has 2 heterocycles. The van der Waals surface area contributed by atoms with Crippen molar-refractivity contribution in [1.82, 2.24) is 14.9 Å². The summed E-state index contributed by atoms with van der Waals surface area (Å²) in [7, 11) is -5.78. The van der Waals surface area contributed by atoms with Gasteiger partial charge in [0, 0.05) is 23.9 Å². The Morgan fingerprint density at radius 3 is 2.18 bits per heavy atom. The van der Waals surface area contributed by atoms with Gasteiger partial charge in [0.05, 0.1) is 11.7 Å². The normalized spacial score (nSPS) is 23.5. The Morgan fingerprint density at radius 1 is 0.955 bits per heavy atom. The van der Waals surface area contributed by atoms with E-state index >= 15 is 0 Å². The highest BCUT2D eigenvalue weighted by atomic mass is 32.2. The van der Waals surface area contributed by atoms with Crippen LogP contribution in [0.2, 0.25) is 0 Å². The number of carbonyl (C=O) groups is 1. The number of ether oxygens (including phenoxy) is 1. The maximum atomic E-state index is 13.1. The fourth-order valence-corrected chi connectivity index (χ4v) is 7.42. The highest BCUT2D eigenvalue weighted by Gasteiger charge is 2.49. The Hall–Kier alpha value is -3.54. The van der Waals surface area contributed by atoms with Gasteiger partial charge >= 0.3 is 21.7 Å². The molecule has 1 aromatic heterocycles. The van der Waals surface area contributed by atoms with E-state index in [4.69, 9.17) is 9.72 Å². The number of nitrogens with zero attached hydrogens (tertiary/aromatic N) is 2. The van der Waals surface area contributed by atoms with Crippen LogP contribution in [0.5, 0.6) is 5.75 Å². The average Bonchev–Trinajstić information content (AvgIpc) is 3.59. The van der Waals surface area contributed by atoms with E-state index in [2.05, 4.69) is 16.1 Å². The second-order valence-electron chi connectivity index (χ2n) is 13.2. The molecular weight excluding hydrogens is 595 g/mol. The van der Waals surface area contributed by atoms with Crippen LogP contribution >= 0.6 is 0 Å². The van der Waals surface area contributed by atoms with Crippen molar-refractivity contribution in [1.29, 1.82) is 0 Å². The molecule has 0 radical (unpaired) electrons. The number of amides is 1. The van der Waals surface area contributed by atoms with Crippen molar-refractivity contribution < 1.29 is 35.3 Å². The van der Waals surface area contributed by atoms with Gasteiger partial charge in [0.2, 0.25) is 0 Å². The largest absolute Gasteiger partial charge is 0.534 e. The molecule has 2 bridgehead atoms. The number of carbonyl (C=O) groups excluding carboxylic acids is 1. The molecule has 2 atom stereocenters. The second kappa shape index (κ2) is 10.8. The Kier molecular flexibility index (Phi) is 7.49. The SMILES string of the molecule is C[C@@H]1C[C@@H](c2nc(-c3ccc(-c4ccc(OS(=O)(=O)C(F)(F)F)c5c4C4CCC5CC4)cc3)c[nH]2)N(C(=O)OC(C)(C)C)C1. The molecule has 1 saturated carbocycles. The van der Waals surface area contributed by atoms with Crippen LogP contribution in [0.4, 0.5) is 18.0 Å². The third kappa shape index (κ3) is 5.68. The molecule has 3 aromatic rings. The van der Waals surface area contributed by atoms with Crippen LogP contribution < -0.4 is 4.18 Å². The molecule has 0 spiro atoms. The molecule has 44 heavy (non-hydrogen) atoms. The topological polar surface area (TPSA) is 102 Å². The summed E-state index contributed by atoms with van der Waals surface area (Å²) >= 11 is 0. The van der Waals surface area contributed by atoms with Gasteiger partial charge in [-0.05, 0) is 93.4 Å². The Bertz CT molecular complexity index is 1670. The first-order valence-corrected chi connectivity index (χ1v) is 16.4. The van der Waals surface area contributed by atoms with Crippen LogP contribution in [0.1, 0.15) is 94.6 Å². The Morgan fingerprint density at radius 2 is 1.57 bits per heavy atom. The summed E-state index contributed by atoms with van der Waals surface area (Å²) in [6, 6.07) is 10.5. The zero-order valence-corrected chi connectivity index (χ0v) is 25.9. The third-order valence-electron chi connectivity index (χ3n) is 8.82. The summed E-state index contributed by atoms with van der Waals surface area (Å²) in [5.41, 5.74) is -1.31. The van der Waals surface area contributed by atoms with E-state index in [1.165, 1.54) is 6.07 Å². The van der Waals surface area contributed by atoms with Gasteiger partial charge in [-0.3, -0.25) is 4.90 Å². The fraction of sp³-hybridized carbons (Fsp3) is 0.500. The summed E-state index contributed by atoms with van der Waals surface area (Å²) < 4.78 is 73.5. The minimum absolute atomic E-state index is 0.0475. The number of H-pyrrole nitrogens is 1. The van der Waals surface area contributed by atoms with Crippen molar-refractivity contribution in [2.75, 3.05) is 6.54 Å². The van der Waals surface area contributed by atoms with E-state index in [9.17, 15) is 26.4 Å². The third-order valence-corrected chi connectivity index (χ3v) is 9.78. The number of likely N-dealkylation sites (tertiary alicyclic amines) is 1. The number of aromatic nitrogens is 2. The number of nitrogens with one attached hydrogen (secondary N) is 1. The van der Waals surface area contributed by atoms with Crippen LogP contribution in [-0.2, 0) is 14.9 Å². The van der Waals surface area contributed by atoms with E-state index in [-0.39, 0.29) is 29.7 Å². The van der Waals surface area contributed by atoms with Gasteiger partial charge in [0.15, 0.2) is 0 Å². The molecule has 12 heteroatoms. The molecule has 236 valence electrons. The molecule has 1 aliphatic heterocycles. The number of aromatic amines is 1. The summed E-state index contributed by atoms with van der Waals surface area (Å²) in [5.74, 6) is 0.838. The van der Waals surface area contributed by atoms with Crippen molar-refractivity contribution >= 4 is 16.2 Å². The van der Waals surface area contributed by atoms with E-state index in [1.54, 1.807) is 11.0 Å². The smallest absolute Gasteiger partial charge is 0.444 e. The molecule has 1 N–H and O–H groups in total. The van der Waals surface area contributed by atoms with Crippen LogP contribution in [0, 0.1) is 5.92 Å². The molecule has 2 fully saturated rings. The monoisotopic (exact) mass is 631 g/mol. The molecule has 8 nitrogen and oxygen atoms in total. The van der Waals surface area contributed by atoms with Gasteiger partial charge < -0.3 is 13.9 Å². The van der Waals surface area contributed by atoms with Gasteiger partial charge in [-0.1, -0.05) is 37.3 Å². The Balaban J connectivity index is 1.28. The van der Waals surface area contributed by atoms with Crippen molar-refractivity contribution in [3.8, 4) is 28.1 Å².